The molecule has 0 N–H and O–H groups in total. The zero-order valence-electron chi connectivity index (χ0n) is 12.4. The molecule has 0 aromatic carbocycles. The summed E-state index contributed by atoms with van der Waals surface area (Å²) < 4.78 is 0. The number of hydrogen-bond acceptors (Lipinski definition) is 2. The highest BCUT2D eigenvalue weighted by molar-refractivity contribution is 5.19. The van der Waals surface area contributed by atoms with Crippen LogP contribution in [0.5, 0.6) is 0 Å². The predicted molar refractivity (Wildman–Crippen MR) is 77.2 cm³/mol. The van der Waals surface area contributed by atoms with Crippen LogP contribution in [-0.4, -0.2) is 19.0 Å². The van der Waals surface area contributed by atoms with Crippen molar-refractivity contribution in [2.75, 3.05) is 14.1 Å². The molecule has 2 nitrogen and oxygen atoms in total. The van der Waals surface area contributed by atoms with Crippen molar-refractivity contribution >= 4 is 0 Å². The Labute approximate surface area is 117 Å². The quantitative estimate of drug-likeness (QED) is 0.714. The van der Waals surface area contributed by atoms with Gasteiger partial charge in [-0.3, -0.25) is 0 Å². The molecule has 4 fully saturated rings. The van der Waals surface area contributed by atoms with E-state index >= 15 is 0 Å². The second-order valence-electron chi connectivity index (χ2n) is 7.38. The van der Waals surface area contributed by atoms with Crippen molar-refractivity contribution in [2.45, 2.75) is 51.4 Å². The Morgan fingerprint density at radius 3 is 2.11 bits per heavy atom. The maximum absolute atomic E-state index is 8.76. The summed E-state index contributed by atoms with van der Waals surface area (Å²) in [5.41, 5.74) is 2.01. The fourth-order valence-corrected chi connectivity index (χ4v) is 5.57. The third-order valence-electron chi connectivity index (χ3n) is 5.66. The lowest BCUT2D eigenvalue weighted by Crippen LogP contribution is -2.49. The monoisotopic (exact) mass is 258 g/mol. The summed E-state index contributed by atoms with van der Waals surface area (Å²) in [7, 11) is 4.38. The van der Waals surface area contributed by atoms with E-state index in [4.69, 9.17) is 5.26 Å². The highest BCUT2D eigenvalue weighted by Crippen LogP contribution is 2.62. The molecular weight excluding hydrogens is 232 g/mol. The Balaban J connectivity index is 1.85. The molecule has 4 aliphatic rings. The Bertz CT molecular complexity index is 378. The molecule has 0 heterocycles. The van der Waals surface area contributed by atoms with Gasteiger partial charge in [0.05, 0.1) is 6.07 Å². The van der Waals surface area contributed by atoms with E-state index in [0.717, 1.165) is 24.2 Å². The summed E-state index contributed by atoms with van der Waals surface area (Å²) in [5.74, 6) is 2.97. The van der Waals surface area contributed by atoms with E-state index in [1.807, 2.05) is 0 Å². The Morgan fingerprint density at radius 1 is 1.16 bits per heavy atom. The lowest BCUT2D eigenvalue weighted by atomic mass is 9.48. The second kappa shape index (κ2) is 4.85. The lowest BCUT2D eigenvalue weighted by molar-refractivity contribution is -0.0414. The lowest BCUT2D eigenvalue weighted by Gasteiger charge is -2.58. The van der Waals surface area contributed by atoms with Gasteiger partial charge in [-0.1, -0.05) is 6.08 Å². The summed E-state index contributed by atoms with van der Waals surface area (Å²) >= 11 is 0. The van der Waals surface area contributed by atoms with Gasteiger partial charge in [0.25, 0.3) is 0 Å². The van der Waals surface area contributed by atoms with Crippen molar-refractivity contribution in [3.63, 3.8) is 0 Å². The summed E-state index contributed by atoms with van der Waals surface area (Å²) in [4.78, 5) is 2.34. The first-order valence-corrected chi connectivity index (χ1v) is 7.88. The third-order valence-corrected chi connectivity index (χ3v) is 5.66. The number of nitriles is 1. The minimum atomic E-state index is 0.466. The first-order valence-electron chi connectivity index (χ1n) is 7.88. The molecule has 104 valence electrons. The molecule has 0 aliphatic heterocycles. The van der Waals surface area contributed by atoms with Crippen LogP contribution in [0.3, 0.4) is 0 Å². The molecule has 4 bridgehead atoms. The Hall–Kier alpha value is -0.970. The molecule has 0 spiro atoms. The third kappa shape index (κ3) is 2.29. The largest absolute Gasteiger partial charge is 0.381 e. The molecule has 0 amide bonds. The van der Waals surface area contributed by atoms with Crippen molar-refractivity contribution in [1.29, 1.82) is 5.26 Å². The average molecular weight is 258 g/mol. The van der Waals surface area contributed by atoms with Crippen LogP contribution in [0, 0.1) is 34.5 Å². The van der Waals surface area contributed by atoms with Crippen molar-refractivity contribution < 1.29 is 0 Å². The normalized spacial score (nSPS) is 40.3. The van der Waals surface area contributed by atoms with E-state index in [9.17, 15) is 0 Å². The SMILES string of the molecule is CN(C)/C(=C\CCC#N)C12CC3CC(CC(C3)C1)C2. The molecule has 4 aliphatic carbocycles. The highest BCUT2D eigenvalue weighted by atomic mass is 15.1. The summed E-state index contributed by atoms with van der Waals surface area (Å²) in [6, 6.07) is 2.27. The van der Waals surface area contributed by atoms with Gasteiger partial charge in [-0.05, 0) is 62.7 Å². The van der Waals surface area contributed by atoms with Gasteiger partial charge < -0.3 is 4.90 Å². The van der Waals surface area contributed by atoms with Crippen molar-refractivity contribution in [3.8, 4) is 6.07 Å². The highest BCUT2D eigenvalue weighted by Gasteiger charge is 2.52. The minimum Gasteiger partial charge on any atom is -0.381 e. The molecule has 4 rings (SSSR count). The molecular formula is C17H26N2. The van der Waals surface area contributed by atoms with Crippen molar-refractivity contribution in [2.24, 2.45) is 23.2 Å². The molecule has 0 aromatic rings. The van der Waals surface area contributed by atoms with Crippen molar-refractivity contribution in [1.82, 2.24) is 4.90 Å². The second-order valence-corrected chi connectivity index (χ2v) is 7.38. The van der Waals surface area contributed by atoms with E-state index in [1.165, 1.54) is 38.5 Å². The van der Waals surface area contributed by atoms with E-state index in [-0.39, 0.29) is 0 Å². The summed E-state index contributed by atoms with van der Waals surface area (Å²) in [6.45, 7) is 0. The predicted octanol–water partition coefficient (Wildman–Crippen LogP) is 3.95. The number of allylic oxidation sites excluding steroid dienone is 2. The van der Waals surface area contributed by atoms with Crippen LogP contribution in [0.1, 0.15) is 51.4 Å². The Kier molecular flexibility index (Phi) is 3.33. The van der Waals surface area contributed by atoms with Gasteiger partial charge >= 0.3 is 0 Å². The molecule has 19 heavy (non-hydrogen) atoms. The fraction of sp³-hybridized carbons (Fsp3) is 0.824. The maximum Gasteiger partial charge on any atom is 0.0625 e. The van der Waals surface area contributed by atoms with Crippen LogP contribution < -0.4 is 0 Å². The van der Waals surface area contributed by atoms with E-state index < -0.39 is 0 Å². The van der Waals surface area contributed by atoms with Gasteiger partial charge in [-0.2, -0.15) is 5.26 Å². The van der Waals surface area contributed by atoms with Crippen LogP contribution in [-0.2, 0) is 0 Å². The fourth-order valence-electron chi connectivity index (χ4n) is 5.57. The summed E-state index contributed by atoms with van der Waals surface area (Å²) in [5, 5.41) is 8.76. The first-order chi connectivity index (χ1) is 9.13. The van der Waals surface area contributed by atoms with E-state index in [1.54, 1.807) is 5.70 Å². The van der Waals surface area contributed by atoms with Gasteiger partial charge in [-0.15, -0.1) is 0 Å². The van der Waals surface area contributed by atoms with Gasteiger partial charge in [0.15, 0.2) is 0 Å². The van der Waals surface area contributed by atoms with E-state index in [2.05, 4.69) is 31.1 Å². The number of rotatable bonds is 4. The molecule has 4 saturated carbocycles. The standard InChI is InChI=1S/C17H26N2/c1-19(2)16(5-3-4-6-18)17-10-13-7-14(11-17)9-15(8-13)12-17/h5,13-15H,3-4,7-12H2,1-2H3/b16-5-. The number of hydrogen-bond donors (Lipinski definition) is 0. The van der Waals surface area contributed by atoms with Crippen LogP contribution in [0.2, 0.25) is 0 Å². The molecule has 0 radical (unpaired) electrons. The summed E-state index contributed by atoms with van der Waals surface area (Å²) in [6.07, 6.45) is 12.7. The minimum absolute atomic E-state index is 0.466. The average Bonchev–Trinajstić information content (AvgIpc) is 2.32. The van der Waals surface area contributed by atoms with Crippen LogP contribution >= 0.6 is 0 Å². The number of unbranched alkanes of at least 4 members (excludes halogenated alkanes) is 1. The van der Waals surface area contributed by atoms with Crippen LogP contribution in [0.15, 0.2) is 11.8 Å². The van der Waals surface area contributed by atoms with Gasteiger partial charge in [0.2, 0.25) is 0 Å². The molecule has 0 atom stereocenters. The smallest absolute Gasteiger partial charge is 0.0625 e. The van der Waals surface area contributed by atoms with E-state index in [0.29, 0.717) is 11.8 Å². The maximum atomic E-state index is 8.76. The number of nitrogens with zero attached hydrogens (tertiary/aromatic N) is 2. The zero-order chi connectivity index (χ0) is 13.5. The molecule has 0 saturated heterocycles. The molecule has 0 aromatic heterocycles. The topological polar surface area (TPSA) is 27.0 Å². The van der Waals surface area contributed by atoms with Gasteiger partial charge in [0, 0.05) is 31.6 Å². The van der Waals surface area contributed by atoms with Gasteiger partial charge in [-0.25, -0.2) is 0 Å². The zero-order valence-corrected chi connectivity index (χ0v) is 12.4. The molecule has 2 heteroatoms. The Morgan fingerprint density at radius 2 is 1.68 bits per heavy atom. The van der Waals surface area contributed by atoms with Crippen LogP contribution in [0.4, 0.5) is 0 Å². The van der Waals surface area contributed by atoms with Crippen molar-refractivity contribution in [3.05, 3.63) is 11.8 Å². The molecule has 0 unspecified atom stereocenters. The van der Waals surface area contributed by atoms with Gasteiger partial charge in [0.1, 0.15) is 0 Å². The first kappa shape index (κ1) is 13.0. The van der Waals surface area contributed by atoms with Crippen LogP contribution in [0.25, 0.3) is 0 Å².